The van der Waals surface area contributed by atoms with E-state index in [-0.39, 0.29) is 12.5 Å². The van der Waals surface area contributed by atoms with Gasteiger partial charge in [0.05, 0.1) is 12.1 Å². The van der Waals surface area contributed by atoms with Gasteiger partial charge >= 0.3 is 0 Å². The van der Waals surface area contributed by atoms with Crippen LogP contribution in [0.1, 0.15) is 26.7 Å². The van der Waals surface area contributed by atoms with Crippen molar-refractivity contribution < 1.29 is 9.90 Å². The molecule has 0 rings (SSSR count). The SMILES string of the molecule is C=CCC(N)C(=O)NCC(O)CC(C)C. The van der Waals surface area contributed by atoms with Crippen molar-refractivity contribution in [3.63, 3.8) is 0 Å². The van der Waals surface area contributed by atoms with Crippen molar-refractivity contribution >= 4 is 5.91 Å². The molecule has 0 aliphatic heterocycles. The van der Waals surface area contributed by atoms with Crippen molar-refractivity contribution in [2.24, 2.45) is 11.7 Å². The Morgan fingerprint density at radius 3 is 2.67 bits per heavy atom. The van der Waals surface area contributed by atoms with E-state index >= 15 is 0 Å². The van der Waals surface area contributed by atoms with Crippen LogP contribution in [0.25, 0.3) is 0 Å². The van der Waals surface area contributed by atoms with Gasteiger partial charge in [0, 0.05) is 6.54 Å². The molecule has 0 aliphatic rings. The average molecular weight is 214 g/mol. The summed E-state index contributed by atoms with van der Waals surface area (Å²) in [6.45, 7) is 7.82. The molecule has 0 saturated heterocycles. The van der Waals surface area contributed by atoms with E-state index in [9.17, 15) is 9.90 Å². The number of rotatable bonds is 7. The molecule has 0 heterocycles. The summed E-state index contributed by atoms with van der Waals surface area (Å²) in [5.74, 6) is 0.177. The summed E-state index contributed by atoms with van der Waals surface area (Å²) in [4.78, 5) is 11.3. The minimum absolute atomic E-state index is 0.238. The molecule has 0 spiro atoms. The average Bonchev–Trinajstić information content (AvgIpc) is 2.13. The monoisotopic (exact) mass is 214 g/mol. The highest BCUT2D eigenvalue weighted by atomic mass is 16.3. The van der Waals surface area contributed by atoms with E-state index in [0.717, 1.165) is 0 Å². The first kappa shape index (κ1) is 14.1. The molecule has 0 aromatic carbocycles. The zero-order chi connectivity index (χ0) is 11.8. The second-order valence-electron chi connectivity index (χ2n) is 4.16. The van der Waals surface area contributed by atoms with E-state index in [2.05, 4.69) is 11.9 Å². The van der Waals surface area contributed by atoms with E-state index < -0.39 is 12.1 Å². The second kappa shape index (κ2) is 7.43. The molecule has 0 aromatic heterocycles. The molecule has 0 bridgehead atoms. The first-order valence-electron chi connectivity index (χ1n) is 5.29. The van der Waals surface area contributed by atoms with Crippen molar-refractivity contribution in [2.45, 2.75) is 38.8 Å². The quantitative estimate of drug-likeness (QED) is 0.537. The number of carbonyl (C=O) groups is 1. The van der Waals surface area contributed by atoms with Gasteiger partial charge in [0.2, 0.25) is 5.91 Å². The molecular formula is C11H22N2O2. The van der Waals surface area contributed by atoms with Crippen LogP contribution in [0.5, 0.6) is 0 Å². The zero-order valence-corrected chi connectivity index (χ0v) is 9.57. The molecule has 2 atom stereocenters. The lowest BCUT2D eigenvalue weighted by Crippen LogP contribution is -2.43. The fourth-order valence-corrected chi connectivity index (χ4v) is 1.26. The number of amides is 1. The van der Waals surface area contributed by atoms with Crippen LogP contribution in [0.15, 0.2) is 12.7 Å². The summed E-state index contributed by atoms with van der Waals surface area (Å²) >= 11 is 0. The summed E-state index contributed by atoms with van der Waals surface area (Å²) in [6, 6.07) is -0.561. The topological polar surface area (TPSA) is 75.4 Å². The van der Waals surface area contributed by atoms with Gasteiger partial charge in [-0.1, -0.05) is 19.9 Å². The van der Waals surface area contributed by atoms with E-state index in [1.807, 2.05) is 13.8 Å². The molecule has 4 nitrogen and oxygen atoms in total. The Labute approximate surface area is 91.5 Å². The summed E-state index contributed by atoms with van der Waals surface area (Å²) in [7, 11) is 0. The molecule has 88 valence electrons. The molecule has 4 heteroatoms. The number of hydrogen-bond donors (Lipinski definition) is 3. The first-order valence-corrected chi connectivity index (χ1v) is 5.29. The fourth-order valence-electron chi connectivity index (χ4n) is 1.26. The van der Waals surface area contributed by atoms with Crippen molar-refractivity contribution in [2.75, 3.05) is 6.54 Å². The number of nitrogens with one attached hydrogen (secondary N) is 1. The molecule has 0 radical (unpaired) electrons. The van der Waals surface area contributed by atoms with Crippen LogP contribution in [-0.2, 0) is 4.79 Å². The van der Waals surface area contributed by atoms with Gasteiger partial charge in [-0.05, 0) is 18.8 Å². The van der Waals surface area contributed by atoms with Gasteiger partial charge in [-0.25, -0.2) is 0 Å². The summed E-state index contributed by atoms with van der Waals surface area (Å²) in [6.07, 6.45) is 2.24. The Balaban J connectivity index is 3.74. The molecule has 15 heavy (non-hydrogen) atoms. The third-order valence-corrected chi connectivity index (χ3v) is 2.01. The highest BCUT2D eigenvalue weighted by molar-refractivity contribution is 5.81. The lowest BCUT2D eigenvalue weighted by molar-refractivity contribution is -0.122. The minimum Gasteiger partial charge on any atom is -0.391 e. The molecule has 4 N–H and O–H groups in total. The lowest BCUT2D eigenvalue weighted by Gasteiger charge is -2.15. The number of nitrogens with two attached hydrogens (primary N) is 1. The van der Waals surface area contributed by atoms with Crippen molar-refractivity contribution in [3.05, 3.63) is 12.7 Å². The summed E-state index contributed by atoms with van der Waals surface area (Å²) in [5, 5.41) is 12.1. The van der Waals surface area contributed by atoms with E-state index in [0.29, 0.717) is 18.8 Å². The standard InChI is InChI=1S/C11H22N2O2/c1-4-5-10(12)11(15)13-7-9(14)6-8(2)3/h4,8-10,14H,1,5-7,12H2,2-3H3,(H,13,15). The maximum absolute atomic E-state index is 11.3. The van der Waals surface area contributed by atoms with Crippen molar-refractivity contribution in [3.8, 4) is 0 Å². The molecular weight excluding hydrogens is 192 g/mol. The van der Waals surface area contributed by atoms with Gasteiger partial charge in [0.1, 0.15) is 0 Å². The van der Waals surface area contributed by atoms with Crippen LogP contribution in [0.4, 0.5) is 0 Å². The third-order valence-electron chi connectivity index (χ3n) is 2.01. The number of carbonyl (C=O) groups excluding carboxylic acids is 1. The third kappa shape index (κ3) is 7.11. The predicted molar refractivity (Wildman–Crippen MR) is 61.3 cm³/mol. The minimum atomic E-state index is -0.561. The molecule has 0 aromatic rings. The summed E-state index contributed by atoms with van der Waals surface area (Å²) in [5.41, 5.74) is 5.55. The molecule has 2 unspecified atom stereocenters. The van der Waals surface area contributed by atoms with Crippen LogP contribution < -0.4 is 11.1 Å². The first-order chi connectivity index (χ1) is 6.97. The van der Waals surface area contributed by atoms with Crippen LogP contribution in [-0.4, -0.2) is 29.7 Å². The molecule has 0 fully saturated rings. The Morgan fingerprint density at radius 2 is 2.20 bits per heavy atom. The highest BCUT2D eigenvalue weighted by Crippen LogP contribution is 2.03. The van der Waals surface area contributed by atoms with Gasteiger partial charge in [-0.15, -0.1) is 6.58 Å². The van der Waals surface area contributed by atoms with Crippen molar-refractivity contribution in [1.82, 2.24) is 5.32 Å². The second-order valence-corrected chi connectivity index (χ2v) is 4.16. The van der Waals surface area contributed by atoms with Gasteiger partial charge < -0.3 is 16.2 Å². The van der Waals surface area contributed by atoms with E-state index in [1.54, 1.807) is 6.08 Å². The number of hydrogen-bond acceptors (Lipinski definition) is 3. The summed E-state index contributed by atoms with van der Waals surface area (Å²) < 4.78 is 0. The van der Waals surface area contributed by atoms with Crippen molar-refractivity contribution in [1.29, 1.82) is 0 Å². The maximum Gasteiger partial charge on any atom is 0.237 e. The normalized spacial score (nSPS) is 14.7. The maximum atomic E-state index is 11.3. The highest BCUT2D eigenvalue weighted by Gasteiger charge is 2.13. The van der Waals surface area contributed by atoms with Crippen LogP contribution >= 0.6 is 0 Å². The van der Waals surface area contributed by atoms with Crippen LogP contribution in [0, 0.1) is 5.92 Å². The number of aliphatic hydroxyl groups is 1. The smallest absolute Gasteiger partial charge is 0.237 e. The Kier molecular flexibility index (Phi) is 6.99. The van der Waals surface area contributed by atoms with Gasteiger partial charge in [-0.2, -0.15) is 0 Å². The largest absolute Gasteiger partial charge is 0.391 e. The predicted octanol–water partition coefficient (Wildman–Crippen LogP) is 0.413. The van der Waals surface area contributed by atoms with Gasteiger partial charge in [-0.3, -0.25) is 4.79 Å². The molecule has 1 amide bonds. The van der Waals surface area contributed by atoms with E-state index in [4.69, 9.17) is 5.73 Å². The molecule has 0 aliphatic carbocycles. The van der Waals surface area contributed by atoms with Gasteiger partial charge in [0.15, 0.2) is 0 Å². The lowest BCUT2D eigenvalue weighted by atomic mass is 10.1. The number of aliphatic hydroxyl groups excluding tert-OH is 1. The Morgan fingerprint density at radius 1 is 1.60 bits per heavy atom. The van der Waals surface area contributed by atoms with Gasteiger partial charge in [0.25, 0.3) is 0 Å². The Bertz CT molecular complexity index is 205. The van der Waals surface area contributed by atoms with Crippen LogP contribution in [0.2, 0.25) is 0 Å². The van der Waals surface area contributed by atoms with Crippen LogP contribution in [0.3, 0.4) is 0 Å². The molecule has 0 saturated carbocycles. The Hall–Kier alpha value is -0.870. The zero-order valence-electron chi connectivity index (χ0n) is 9.57. The fraction of sp³-hybridized carbons (Fsp3) is 0.727. The van der Waals surface area contributed by atoms with E-state index in [1.165, 1.54) is 0 Å².